The maximum absolute atomic E-state index is 12.4. The second kappa shape index (κ2) is 7.62. The van der Waals surface area contributed by atoms with Crippen molar-refractivity contribution in [3.05, 3.63) is 35.9 Å². The number of aromatic nitrogens is 1. The van der Waals surface area contributed by atoms with E-state index in [9.17, 15) is 9.90 Å². The third-order valence-electron chi connectivity index (χ3n) is 4.73. The van der Waals surface area contributed by atoms with Crippen molar-refractivity contribution < 1.29 is 9.90 Å². The lowest BCUT2D eigenvalue weighted by Crippen LogP contribution is -2.42. The van der Waals surface area contributed by atoms with Crippen LogP contribution in [-0.2, 0) is 11.4 Å². The summed E-state index contributed by atoms with van der Waals surface area (Å²) in [6, 6.07) is 10.1. The first-order valence-electron chi connectivity index (χ1n) is 8.72. The lowest BCUT2D eigenvalue weighted by molar-refractivity contribution is -0.134. The van der Waals surface area contributed by atoms with Crippen molar-refractivity contribution >= 4 is 22.6 Å². The topological polar surface area (TPSA) is 65.5 Å². The van der Waals surface area contributed by atoms with Crippen LogP contribution in [0.15, 0.2) is 30.3 Å². The number of hydrogen-bond donors (Lipinski definition) is 2. The van der Waals surface area contributed by atoms with Crippen molar-refractivity contribution in [3.8, 4) is 0 Å². The second-order valence-corrected chi connectivity index (χ2v) is 6.46. The van der Waals surface area contributed by atoms with Crippen LogP contribution in [0, 0.1) is 0 Å². The van der Waals surface area contributed by atoms with Gasteiger partial charge in [-0.25, -0.2) is 4.98 Å². The van der Waals surface area contributed by atoms with Crippen molar-refractivity contribution in [2.75, 3.05) is 18.4 Å². The number of fused-ring (bicyclic) bond motifs is 1. The van der Waals surface area contributed by atoms with Gasteiger partial charge in [-0.2, -0.15) is 0 Å². The summed E-state index contributed by atoms with van der Waals surface area (Å²) in [5.41, 5.74) is 1.64. The molecule has 0 bridgehead atoms. The predicted octanol–water partition coefficient (Wildman–Crippen LogP) is 2.93. The summed E-state index contributed by atoms with van der Waals surface area (Å²) < 4.78 is 0. The number of pyridine rings is 1. The van der Waals surface area contributed by atoms with Gasteiger partial charge in [0.25, 0.3) is 0 Å². The fraction of sp³-hybridized carbons (Fsp3) is 0.474. The van der Waals surface area contributed by atoms with Crippen LogP contribution in [0.4, 0.5) is 5.82 Å². The number of benzene rings is 1. The number of aliphatic hydroxyl groups excluding tert-OH is 1. The molecule has 0 spiro atoms. The predicted molar refractivity (Wildman–Crippen MR) is 95.8 cm³/mol. The van der Waals surface area contributed by atoms with E-state index in [1.165, 1.54) is 6.42 Å². The molecule has 5 nitrogen and oxygen atoms in total. The van der Waals surface area contributed by atoms with E-state index in [0.717, 1.165) is 35.9 Å². The number of anilines is 1. The number of aliphatic hydroxyl groups is 1. The SMILES string of the molecule is CC1CCCCN1C(=O)CCNc1nc2ccccc2cc1CO. The molecule has 0 saturated carbocycles. The Kier molecular flexibility index (Phi) is 5.30. The van der Waals surface area contributed by atoms with Gasteiger partial charge in [0.2, 0.25) is 5.91 Å². The second-order valence-electron chi connectivity index (χ2n) is 6.46. The van der Waals surface area contributed by atoms with E-state index in [4.69, 9.17) is 0 Å². The van der Waals surface area contributed by atoms with E-state index in [0.29, 0.717) is 24.8 Å². The molecule has 128 valence electrons. The highest BCUT2D eigenvalue weighted by Crippen LogP contribution is 2.21. The molecule has 5 heteroatoms. The summed E-state index contributed by atoms with van der Waals surface area (Å²) in [6.45, 7) is 3.45. The summed E-state index contributed by atoms with van der Waals surface area (Å²) in [6.07, 6.45) is 3.86. The van der Waals surface area contributed by atoms with Gasteiger partial charge in [-0.15, -0.1) is 0 Å². The monoisotopic (exact) mass is 327 g/mol. The standard InChI is InChI=1S/C19H25N3O2/c1-14-6-4-5-11-22(14)18(24)9-10-20-19-16(13-23)12-15-7-2-3-8-17(15)21-19/h2-3,7-8,12,14,23H,4-6,9-11,13H2,1H3,(H,20,21). The van der Waals surface area contributed by atoms with Gasteiger partial charge in [-0.1, -0.05) is 18.2 Å². The molecule has 1 aliphatic heterocycles. The Morgan fingerprint density at radius 1 is 1.38 bits per heavy atom. The highest BCUT2D eigenvalue weighted by atomic mass is 16.3. The molecule has 0 radical (unpaired) electrons. The Morgan fingerprint density at radius 2 is 2.21 bits per heavy atom. The quantitative estimate of drug-likeness (QED) is 0.886. The largest absolute Gasteiger partial charge is 0.392 e. The molecule has 2 N–H and O–H groups in total. The third kappa shape index (κ3) is 3.67. The molecule has 3 rings (SSSR count). The minimum absolute atomic E-state index is 0.0721. The summed E-state index contributed by atoms with van der Waals surface area (Å²) in [7, 11) is 0. The summed E-state index contributed by atoms with van der Waals surface area (Å²) >= 11 is 0. The molecule has 1 saturated heterocycles. The van der Waals surface area contributed by atoms with E-state index in [1.54, 1.807) is 0 Å². The Balaban J connectivity index is 1.63. The first-order valence-corrected chi connectivity index (χ1v) is 8.72. The van der Waals surface area contributed by atoms with Gasteiger partial charge in [-0.3, -0.25) is 4.79 Å². The van der Waals surface area contributed by atoms with Crippen molar-refractivity contribution in [1.29, 1.82) is 0 Å². The highest BCUT2D eigenvalue weighted by Gasteiger charge is 2.22. The van der Waals surface area contributed by atoms with Gasteiger partial charge in [0.1, 0.15) is 5.82 Å². The van der Waals surface area contributed by atoms with Crippen LogP contribution in [0.1, 0.15) is 38.2 Å². The van der Waals surface area contributed by atoms with Crippen LogP contribution in [-0.4, -0.2) is 40.0 Å². The van der Waals surface area contributed by atoms with Crippen LogP contribution < -0.4 is 5.32 Å². The number of rotatable bonds is 5. The zero-order chi connectivity index (χ0) is 16.9. The average Bonchev–Trinajstić information content (AvgIpc) is 2.61. The van der Waals surface area contributed by atoms with E-state index in [1.807, 2.05) is 35.2 Å². The number of para-hydroxylation sites is 1. The Bertz CT molecular complexity index is 717. The Labute approximate surface area is 142 Å². The first-order chi connectivity index (χ1) is 11.7. The summed E-state index contributed by atoms with van der Waals surface area (Å²) in [4.78, 5) is 18.9. The molecule has 1 amide bonds. The molecule has 1 aliphatic rings. The molecule has 1 atom stereocenters. The molecule has 2 heterocycles. The molecular formula is C19H25N3O2. The minimum atomic E-state index is -0.0721. The zero-order valence-electron chi connectivity index (χ0n) is 14.2. The van der Waals surface area contributed by atoms with E-state index in [2.05, 4.69) is 17.2 Å². The smallest absolute Gasteiger partial charge is 0.224 e. The number of likely N-dealkylation sites (tertiary alicyclic amines) is 1. The molecule has 1 unspecified atom stereocenters. The molecule has 1 fully saturated rings. The van der Waals surface area contributed by atoms with E-state index >= 15 is 0 Å². The molecule has 24 heavy (non-hydrogen) atoms. The van der Waals surface area contributed by atoms with Crippen molar-refractivity contribution in [2.24, 2.45) is 0 Å². The van der Waals surface area contributed by atoms with Crippen LogP contribution in [0.2, 0.25) is 0 Å². The maximum atomic E-state index is 12.4. The van der Waals surface area contributed by atoms with Crippen LogP contribution in [0.5, 0.6) is 0 Å². The van der Waals surface area contributed by atoms with Crippen molar-refractivity contribution in [2.45, 2.75) is 45.3 Å². The van der Waals surface area contributed by atoms with E-state index in [-0.39, 0.29) is 12.5 Å². The third-order valence-corrected chi connectivity index (χ3v) is 4.73. The molecule has 0 aliphatic carbocycles. The van der Waals surface area contributed by atoms with Crippen molar-refractivity contribution in [1.82, 2.24) is 9.88 Å². The molecule has 2 aromatic rings. The lowest BCUT2D eigenvalue weighted by Gasteiger charge is -2.33. The maximum Gasteiger partial charge on any atom is 0.224 e. The van der Waals surface area contributed by atoms with E-state index < -0.39 is 0 Å². The van der Waals surface area contributed by atoms with Gasteiger partial charge in [0.15, 0.2) is 0 Å². The summed E-state index contributed by atoms with van der Waals surface area (Å²) in [5.74, 6) is 0.858. The van der Waals surface area contributed by atoms with Gasteiger partial charge >= 0.3 is 0 Å². The number of carbonyl (C=O) groups is 1. The summed E-state index contributed by atoms with van der Waals surface area (Å²) in [5, 5.41) is 13.8. The number of hydrogen-bond acceptors (Lipinski definition) is 4. The number of piperidine rings is 1. The normalized spacial score (nSPS) is 17.9. The molecule has 1 aromatic carbocycles. The number of nitrogens with zero attached hydrogens (tertiary/aromatic N) is 2. The highest BCUT2D eigenvalue weighted by molar-refractivity contribution is 5.82. The fourth-order valence-electron chi connectivity index (χ4n) is 3.33. The minimum Gasteiger partial charge on any atom is -0.392 e. The van der Waals surface area contributed by atoms with Crippen LogP contribution in [0.25, 0.3) is 10.9 Å². The average molecular weight is 327 g/mol. The zero-order valence-corrected chi connectivity index (χ0v) is 14.2. The Morgan fingerprint density at radius 3 is 3.00 bits per heavy atom. The van der Waals surface area contributed by atoms with Gasteiger partial charge in [0, 0.05) is 36.5 Å². The number of amides is 1. The van der Waals surface area contributed by atoms with Gasteiger partial charge < -0.3 is 15.3 Å². The Hall–Kier alpha value is -2.14. The van der Waals surface area contributed by atoms with Crippen molar-refractivity contribution in [3.63, 3.8) is 0 Å². The first kappa shape index (κ1) is 16.7. The van der Waals surface area contributed by atoms with Crippen LogP contribution >= 0.6 is 0 Å². The lowest BCUT2D eigenvalue weighted by atomic mass is 10.0. The van der Waals surface area contributed by atoms with Gasteiger partial charge in [0.05, 0.1) is 12.1 Å². The van der Waals surface area contributed by atoms with Crippen LogP contribution in [0.3, 0.4) is 0 Å². The van der Waals surface area contributed by atoms with Gasteiger partial charge in [-0.05, 0) is 38.3 Å². The number of carbonyl (C=O) groups excluding carboxylic acids is 1. The molecular weight excluding hydrogens is 302 g/mol. The molecule has 1 aromatic heterocycles. The fourth-order valence-corrected chi connectivity index (χ4v) is 3.33. The number of nitrogens with one attached hydrogen (secondary N) is 1.